The molecule has 1 heterocycles. The molecule has 2 aliphatic carbocycles. The number of nitrogens with one attached hydrogen (secondary N) is 1. The van der Waals surface area contributed by atoms with Gasteiger partial charge in [-0.3, -0.25) is 0 Å². The highest BCUT2D eigenvalue weighted by Gasteiger charge is 2.37. The predicted molar refractivity (Wildman–Crippen MR) is 46.7 cm³/mol. The minimum atomic E-state index is 0.676. The van der Waals surface area contributed by atoms with Crippen molar-refractivity contribution in [2.45, 2.75) is 18.8 Å². The van der Waals surface area contributed by atoms with E-state index >= 15 is 0 Å². The molecule has 2 heteroatoms. The van der Waals surface area contributed by atoms with Crippen molar-refractivity contribution in [2.24, 2.45) is 11.8 Å². The van der Waals surface area contributed by atoms with Crippen LogP contribution in [0.4, 0.5) is 0 Å². The van der Waals surface area contributed by atoms with Crippen molar-refractivity contribution >= 4 is 0 Å². The van der Waals surface area contributed by atoms with E-state index < -0.39 is 0 Å². The summed E-state index contributed by atoms with van der Waals surface area (Å²) in [5.74, 6) is 3.47. The van der Waals surface area contributed by atoms with Gasteiger partial charge in [-0.2, -0.15) is 0 Å². The third kappa shape index (κ3) is 0.779. The summed E-state index contributed by atoms with van der Waals surface area (Å²) in [4.78, 5) is 7.55. The highest BCUT2D eigenvalue weighted by molar-refractivity contribution is 5.18. The fourth-order valence-electron chi connectivity index (χ4n) is 2.58. The van der Waals surface area contributed by atoms with Crippen LogP contribution in [0.5, 0.6) is 0 Å². The number of rotatable bonds is 1. The molecule has 1 N–H and O–H groups in total. The Hall–Kier alpha value is -1.05. The maximum Gasteiger partial charge on any atom is 0.109 e. The Kier molecular flexibility index (Phi) is 1.20. The van der Waals surface area contributed by atoms with Gasteiger partial charge in [0.2, 0.25) is 0 Å². The second-order valence-corrected chi connectivity index (χ2v) is 3.86. The lowest BCUT2D eigenvalue weighted by Crippen LogP contribution is -2.06. The molecule has 2 bridgehead atoms. The number of H-pyrrole nitrogens is 1. The van der Waals surface area contributed by atoms with E-state index in [0.717, 1.165) is 11.8 Å². The van der Waals surface area contributed by atoms with E-state index in [0.29, 0.717) is 5.92 Å². The number of hydrogen-bond acceptors (Lipinski definition) is 1. The molecule has 0 saturated heterocycles. The Bertz CT molecular complexity index is 300. The van der Waals surface area contributed by atoms with E-state index in [9.17, 15) is 0 Å². The zero-order valence-corrected chi connectivity index (χ0v) is 6.90. The van der Waals surface area contributed by atoms with Gasteiger partial charge in [-0.1, -0.05) is 12.2 Å². The van der Waals surface area contributed by atoms with Crippen molar-refractivity contribution in [2.75, 3.05) is 0 Å². The molecule has 12 heavy (non-hydrogen) atoms. The van der Waals surface area contributed by atoms with Crippen LogP contribution in [0.1, 0.15) is 24.6 Å². The van der Waals surface area contributed by atoms with E-state index in [1.54, 1.807) is 0 Å². The van der Waals surface area contributed by atoms with E-state index in [-0.39, 0.29) is 0 Å². The van der Waals surface area contributed by atoms with Crippen molar-refractivity contribution in [1.29, 1.82) is 0 Å². The number of aromatic amines is 1. The highest BCUT2D eigenvalue weighted by atomic mass is 14.9. The minimum Gasteiger partial charge on any atom is -0.348 e. The summed E-state index contributed by atoms with van der Waals surface area (Å²) in [7, 11) is 0. The van der Waals surface area contributed by atoms with Crippen LogP contribution in [-0.4, -0.2) is 9.97 Å². The van der Waals surface area contributed by atoms with Crippen LogP contribution in [-0.2, 0) is 0 Å². The van der Waals surface area contributed by atoms with E-state index in [1.807, 2.05) is 12.4 Å². The third-order valence-corrected chi connectivity index (χ3v) is 3.15. The zero-order valence-electron chi connectivity index (χ0n) is 6.90. The van der Waals surface area contributed by atoms with Crippen molar-refractivity contribution < 1.29 is 0 Å². The lowest BCUT2D eigenvalue weighted by molar-refractivity contribution is 0.558. The molecule has 1 fully saturated rings. The molecule has 1 aromatic rings. The van der Waals surface area contributed by atoms with Crippen LogP contribution in [0.15, 0.2) is 24.5 Å². The first-order valence-corrected chi connectivity index (χ1v) is 4.61. The summed E-state index contributed by atoms with van der Waals surface area (Å²) in [6.45, 7) is 0. The summed E-state index contributed by atoms with van der Waals surface area (Å²) < 4.78 is 0. The van der Waals surface area contributed by atoms with Crippen molar-refractivity contribution in [1.82, 2.24) is 9.97 Å². The Labute approximate surface area is 71.7 Å². The van der Waals surface area contributed by atoms with Gasteiger partial charge in [-0.05, 0) is 24.7 Å². The maximum absolute atomic E-state index is 4.33. The SMILES string of the molecule is C1=C[C@H]2C[C@@H]1CC2c1ncc[nH]1. The molecule has 2 aliphatic rings. The molecular formula is C10H12N2. The Morgan fingerprint density at radius 3 is 2.92 bits per heavy atom. The number of fused-ring (bicyclic) bond motifs is 2. The summed E-state index contributed by atoms with van der Waals surface area (Å²) in [5.41, 5.74) is 0. The fraction of sp³-hybridized carbons (Fsp3) is 0.500. The van der Waals surface area contributed by atoms with Crippen molar-refractivity contribution in [3.63, 3.8) is 0 Å². The minimum absolute atomic E-state index is 0.676. The predicted octanol–water partition coefficient (Wildman–Crippen LogP) is 2.09. The van der Waals surface area contributed by atoms with E-state index in [2.05, 4.69) is 22.1 Å². The molecule has 0 aromatic carbocycles. The lowest BCUT2D eigenvalue weighted by Gasteiger charge is -2.14. The average molecular weight is 160 g/mol. The second kappa shape index (κ2) is 2.22. The summed E-state index contributed by atoms with van der Waals surface area (Å²) in [6, 6.07) is 0. The van der Waals surface area contributed by atoms with Gasteiger partial charge in [0.05, 0.1) is 0 Å². The molecule has 0 radical (unpaired) electrons. The quantitative estimate of drug-likeness (QED) is 0.626. The van der Waals surface area contributed by atoms with Crippen molar-refractivity contribution in [3.05, 3.63) is 30.4 Å². The molecule has 1 saturated carbocycles. The monoisotopic (exact) mass is 160 g/mol. The first-order valence-electron chi connectivity index (χ1n) is 4.61. The molecule has 3 atom stereocenters. The standard InChI is InChI=1S/C10H12N2/c1-2-8-5-7(1)6-9(8)10-11-3-4-12-10/h1-4,7-9H,5-6H2,(H,11,12)/t7-,8+,9?/m1/s1. The number of allylic oxidation sites excluding steroid dienone is 2. The Morgan fingerprint density at radius 1 is 1.33 bits per heavy atom. The summed E-state index contributed by atoms with van der Waals surface area (Å²) in [5, 5.41) is 0. The smallest absolute Gasteiger partial charge is 0.109 e. The molecule has 2 nitrogen and oxygen atoms in total. The van der Waals surface area contributed by atoms with Gasteiger partial charge in [0.1, 0.15) is 5.82 Å². The van der Waals surface area contributed by atoms with E-state index in [4.69, 9.17) is 0 Å². The Balaban J connectivity index is 1.92. The average Bonchev–Trinajstić information content (AvgIpc) is 2.81. The first-order chi connectivity index (χ1) is 5.93. The highest BCUT2D eigenvalue weighted by Crippen LogP contribution is 2.47. The third-order valence-electron chi connectivity index (χ3n) is 3.15. The topological polar surface area (TPSA) is 28.7 Å². The van der Waals surface area contributed by atoms with Gasteiger partial charge < -0.3 is 4.98 Å². The fourth-order valence-corrected chi connectivity index (χ4v) is 2.58. The first kappa shape index (κ1) is 6.46. The normalized spacial score (nSPS) is 37.8. The van der Waals surface area contributed by atoms with E-state index in [1.165, 1.54) is 18.7 Å². The maximum atomic E-state index is 4.33. The molecule has 1 unspecified atom stereocenters. The molecule has 62 valence electrons. The van der Waals surface area contributed by atoms with Gasteiger partial charge in [-0.15, -0.1) is 0 Å². The Morgan fingerprint density at radius 2 is 2.33 bits per heavy atom. The number of hydrogen-bond donors (Lipinski definition) is 1. The van der Waals surface area contributed by atoms with Gasteiger partial charge in [0, 0.05) is 18.3 Å². The summed E-state index contributed by atoms with van der Waals surface area (Å²) in [6.07, 6.45) is 11.2. The number of imidazole rings is 1. The number of nitrogens with zero attached hydrogens (tertiary/aromatic N) is 1. The summed E-state index contributed by atoms with van der Waals surface area (Å²) >= 11 is 0. The van der Waals surface area contributed by atoms with Gasteiger partial charge in [0.15, 0.2) is 0 Å². The largest absolute Gasteiger partial charge is 0.348 e. The van der Waals surface area contributed by atoms with Crippen LogP contribution >= 0.6 is 0 Å². The van der Waals surface area contributed by atoms with Crippen LogP contribution < -0.4 is 0 Å². The molecule has 0 spiro atoms. The van der Waals surface area contributed by atoms with Gasteiger partial charge in [-0.25, -0.2) is 4.98 Å². The molecular weight excluding hydrogens is 148 g/mol. The van der Waals surface area contributed by atoms with Crippen molar-refractivity contribution in [3.8, 4) is 0 Å². The van der Waals surface area contributed by atoms with Gasteiger partial charge >= 0.3 is 0 Å². The molecule has 0 aliphatic heterocycles. The van der Waals surface area contributed by atoms with Crippen LogP contribution in [0.25, 0.3) is 0 Å². The number of aromatic nitrogens is 2. The van der Waals surface area contributed by atoms with Crippen LogP contribution in [0.3, 0.4) is 0 Å². The lowest BCUT2D eigenvalue weighted by atomic mass is 9.93. The van der Waals surface area contributed by atoms with Crippen LogP contribution in [0.2, 0.25) is 0 Å². The molecule has 0 amide bonds. The van der Waals surface area contributed by atoms with Gasteiger partial charge in [0.25, 0.3) is 0 Å². The second-order valence-electron chi connectivity index (χ2n) is 3.86. The molecule has 1 aromatic heterocycles. The zero-order chi connectivity index (χ0) is 7.97. The van der Waals surface area contributed by atoms with Crippen LogP contribution in [0, 0.1) is 11.8 Å². The molecule has 3 rings (SSSR count).